The number of phenolic OH excluding ortho intramolecular Hbond substituents is 3. The average molecular weight is 446 g/mol. The molecule has 32 heavy (non-hydrogen) atoms. The Balaban J connectivity index is 2.05. The fraction of sp³-hybridized carbons (Fsp3) is 0.417. The number of hydrogen-bond acceptors (Lipinski definition) is 8. The fourth-order valence-corrected chi connectivity index (χ4v) is 3.47. The molecule has 2 atom stereocenters. The molecule has 0 radical (unpaired) electrons. The first kappa shape index (κ1) is 24.8. The molecule has 2 rings (SSSR count). The first-order valence-corrected chi connectivity index (χ1v) is 10.4. The summed E-state index contributed by atoms with van der Waals surface area (Å²) in [5.74, 6) is -0.874. The molecule has 2 aromatic rings. The van der Waals surface area contributed by atoms with Gasteiger partial charge in [-0.25, -0.2) is 0 Å². The van der Waals surface area contributed by atoms with Gasteiger partial charge in [-0.1, -0.05) is 12.1 Å². The van der Waals surface area contributed by atoms with Gasteiger partial charge in [0, 0.05) is 20.3 Å². The van der Waals surface area contributed by atoms with Crippen LogP contribution >= 0.6 is 0 Å². The highest BCUT2D eigenvalue weighted by atomic mass is 16.6. The second-order valence-electron chi connectivity index (χ2n) is 7.61. The van der Waals surface area contributed by atoms with Crippen LogP contribution in [0, 0.1) is 0 Å². The first-order valence-electron chi connectivity index (χ1n) is 10.4. The number of carbonyl (C=O) groups is 2. The van der Waals surface area contributed by atoms with Crippen LogP contribution in [0.15, 0.2) is 36.4 Å². The number of methoxy groups -OCH3 is 1. The standard InChI is InChI=1S/C24H30O8/c1-15(25)31-19(8-4-17-6-10-21(27)23(29)12-17)14-20(32-16(2)26)9-5-18-7-11-22(28)24(13-18)30-3/h6-7,10-13,19-20,27-29H,4-5,8-9,14H2,1-3H3. The third-order valence-electron chi connectivity index (χ3n) is 4.98. The third kappa shape index (κ3) is 8.02. The number of carbonyl (C=O) groups excluding carboxylic acids is 2. The van der Waals surface area contributed by atoms with E-state index in [1.54, 1.807) is 24.3 Å². The Kier molecular flexibility index (Phi) is 9.19. The lowest BCUT2D eigenvalue weighted by molar-refractivity contribution is -0.153. The molecule has 2 aromatic carbocycles. The van der Waals surface area contributed by atoms with Gasteiger partial charge in [-0.05, 0) is 61.1 Å². The van der Waals surface area contributed by atoms with Crippen LogP contribution in [0.1, 0.15) is 44.2 Å². The molecule has 0 fully saturated rings. The lowest BCUT2D eigenvalue weighted by atomic mass is 9.98. The summed E-state index contributed by atoms with van der Waals surface area (Å²) < 4.78 is 16.0. The van der Waals surface area contributed by atoms with Crippen LogP contribution in [-0.2, 0) is 31.9 Å². The van der Waals surface area contributed by atoms with E-state index in [1.165, 1.54) is 33.1 Å². The summed E-state index contributed by atoms with van der Waals surface area (Å²) in [5.41, 5.74) is 1.68. The van der Waals surface area contributed by atoms with Crippen molar-refractivity contribution >= 4 is 11.9 Å². The number of aryl methyl sites for hydroxylation is 2. The van der Waals surface area contributed by atoms with E-state index in [2.05, 4.69) is 0 Å². The second-order valence-corrected chi connectivity index (χ2v) is 7.61. The van der Waals surface area contributed by atoms with Gasteiger partial charge in [0.15, 0.2) is 23.0 Å². The molecular weight excluding hydrogens is 416 g/mol. The maximum Gasteiger partial charge on any atom is 0.302 e. The Morgan fingerprint density at radius 3 is 1.75 bits per heavy atom. The van der Waals surface area contributed by atoms with E-state index < -0.39 is 24.1 Å². The number of benzene rings is 2. The normalized spacial score (nSPS) is 12.6. The van der Waals surface area contributed by atoms with E-state index in [4.69, 9.17) is 14.2 Å². The Hall–Kier alpha value is -3.42. The first-order chi connectivity index (χ1) is 15.2. The summed E-state index contributed by atoms with van der Waals surface area (Å²) in [6, 6.07) is 9.58. The molecule has 0 aliphatic carbocycles. The Morgan fingerprint density at radius 1 is 0.781 bits per heavy atom. The number of phenols is 3. The number of ether oxygens (including phenoxy) is 3. The quantitative estimate of drug-likeness (QED) is 0.353. The van der Waals surface area contributed by atoms with Crippen molar-refractivity contribution < 1.29 is 39.1 Å². The van der Waals surface area contributed by atoms with Gasteiger partial charge in [0.1, 0.15) is 12.2 Å². The van der Waals surface area contributed by atoms with E-state index >= 15 is 0 Å². The van der Waals surface area contributed by atoms with Crippen molar-refractivity contribution in [3.05, 3.63) is 47.5 Å². The van der Waals surface area contributed by atoms with Crippen molar-refractivity contribution in [2.24, 2.45) is 0 Å². The average Bonchev–Trinajstić information content (AvgIpc) is 2.72. The van der Waals surface area contributed by atoms with E-state index in [0.717, 1.165) is 11.1 Å². The Bertz CT molecular complexity index is 924. The molecule has 8 heteroatoms. The molecule has 8 nitrogen and oxygen atoms in total. The minimum atomic E-state index is -0.498. The number of hydrogen-bond donors (Lipinski definition) is 3. The van der Waals surface area contributed by atoms with Gasteiger partial charge in [0.25, 0.3) is 0 Å². The molecule has 0 amide bonds. The lowest BCUT2D eigenvalue weighted by Crippen LogP contribution is -2.27. The molecule has 0 spiro atoms. The van der Waals surface area contributed by atoms with Crippen molar-refractivity contribution in [2.45, 2.75) is 58.2 Å². The maximum absolute atomic E-state index is 11.6. The summed E-state index contributed by atoms with van der Waals surface area (Å²) >= 11 is 0. The van der Waals surface area contributed by atoms with Gasteiger partial charge in [-0.3, -0.25) is 9.59 Å². The van der Waals surface area contributed by atoms with Crippen LogP contribution < -0.4 is 4.74 Å². The highest BCUT2D eigenvalue weighted by Gasteiger charge is 2.22. The van der Waals surface area contributed by atoms with E-state index in [0.29, 0.717) is 37.9 Å². The van der Waals surface area contributed by atoms with E-state index in [1.807, 2.05) is 0 Å². The number of aromatic hydroxyl groups is 3. The molecule has 3 N–H and O–H groups in total. The van der Waals surface area contributed by atoms with Crippen LogP contribution in [0.25, 0.3) is 0 Å². The zero-order valence-corrected chi connectivity index (χ0v) is 18.5. The Morgan fingerprint density at radius 2 is 1.28 bits per heavy atom. The molecule has 0 aromatic heterocycles. The molecule has 0 aliphatic rings. The Labute approximate surface area is 187 Å². The van der Waals surface area contributed by atoms with Gasteiger partial charge in [0.2, 0.25) is 0 Å². The zero-order valence-electron chi connectivity index (χ0n) is 18.5. The smallest absolute Gasteiger partial charge is 0.302 e. The minimum Gasteiger partial charge on any atom is -0.504 e. The predicted molar refractivity (Wildman–Crippen MR) is 117 cm³/mol. The van der Waals surface area contributed by atoms with Crippen LogP contribution in [0.3, 0.4) is 0 Å². The summed E-state index contributed by atoms with van der Waals surface area (Å²) in [5, 5.41) is 28.9. The van der Waals surface area contributed by atoms with Crippen LogP contribution in [0.5, 0.6) is 23.0 Å². The van der Waals surface area contributed by atoms with Gasteiger partial charge >= 0.3 is 11.9 Å². The van der Waals surface area contributed by atoms with E-state index in [-0.39, 0.29) is 17.2 Å². The predicted octanol–water partition coefficient (Wildman–Crippen LogP) is 3.63. The van der Waals surface area contributed by atoms with Crippen molar-refractivity contribution in [1.82, 2.24) is 0 Å². The zero-order chi connectivity index (χ0) is 23.7. The molecule has 0 bridgehead atoms. The summed E-state index contributed by atoms with van der Waals surface area (Å²) in [4.78, 5) is 23.2. The van der Waals surface area contributed by atoms with Crippen LogP contribution in [0.4, 0.5) is 0 Å². The van der Waals surface area contributed by atoms with E-state index in [9.17, 15) is 24.9 Å². The maximum atomic E-state index is 11.6. The number of rotatable bonds is 11. The summed E-state index contributed by atoms with van der Waals surface area (Å²) in [7, 11) is 1.47. The van der Waals surface area contributed by atoms with Crippen molar-refractivity contribution in [1.29, 1.82) is 0 Å². The van der Waals surface area contributed by atoms with Gasteiger partial charge in [0.05, 0.1) is 7.11 Å². The van der Waals surface area contributed by atoms with Crippen LogP contribution in [0.2, 0.25) is 0 Å². The number of esters is 2. The fourth-order valence-electron chi connectivity index (χ4n) is 3.47. The van der Waals surface area contributed by atoms with Crippen LogP contribution in [-0.4, -0.2) is 46.6 Å². The second kappa shape index (κ2) is 11.8. The molecule has 0 saturated carbocycles. The van der Waals surface area contributed by atoms with Crippen molar-refractivity contribution in [3.63, 3.8) is 0 Å². The molecule has 2 unspecified atom stereocenters. The summed E-state index contributed by atoms with van der Waals surface area (Å²) in [6.45, 7) is 2.65. The van der Waals surface area contributed by atoms with Crippen molar-refractivity contribution in [2.75, 3.05) is 7.11 Å². The van der Waals surface area contributed by atoms with Gasteiger partial charge in [-0.15, -0.1) is 0 Å². The molecule has 174 valence electrons. The topological polar surface area (TPSA) is 123 Å². The van der Waals surface area contributed by atoms with Crippen molar-refractivity contribution in [3.8, 4) is 23.0 Å². The van der Waals surface area contributed by atoms with Gasteiger partial charge < -0.3 is 29.5 Å². The largest absolute Gasteiger partial charge is 0.504 e. The minimum absolute atomic E-state index is 0.0444. The highest BCUT2D eigenvalue weighted by molar-refractivity contribution is 5.66. The molecule has 0 aliphatic heterocycles. The summed E-state index contributed by atoms with van der Waals surface area (Å²) in [6.07, 6.45) is 1.34. The van der Waals surface area contributed by atoms with Gasteiger partial charge in [-0.2, -0.15) is 0 Å². The lowest BCUT2D eigenvalue weighted by Gasteiger charge is -2.23. The third-order valence-corrected chi connectivity index (χ3v) is 4.98. The molecule has 0 saturated heterocycles. The molecule has 0 heterocycles. The highest BCUT2D eigenvalue weighted by Crippen LogP contribution is 2.28. The SMILES string of the molecule is COc1cc(CCC(CC(CCc2ccc(O)c(O)c2)OC(C)=O)OC(C)=O)ccc1O. The monoisotopic (exact) mass is 446 g/mol. The molecular formula is C24H30O8.